The summed E-state index contributed by atoms with van der Waals surface area (Å²) < 4.78 is 25.9. The molecule has 0 heterocycles. The molecule has 0 amide bonds. The Bertz CT molecular complexity index is 394. The Labute approximate surface area is 89.9 Å². The van der Waals surface area contributed by atoms with Crippen LogP contribution in [0.25, 0.3) is 0 Å². The van der Waals surface area contributed by atoms with Crippen LogP contribution in [0.4, 0.5) is 0 Å². The third kappa shape index (κ3) is 3.65. The van der Waals surface area contributed by atoms with Crippen molar-refractivity contribution in [3.63, 3.8) is 0 Å². The first-order valence-corrected chi connectivity index (χ1v) is 5.25. The quantitative estimate of drug-likeness (QED) is 0.337. The molecule has 80 valence electrons. The van der Waals surface area contributed by atoms with Crippen molar-refractivity contribution < 1.29 is 18.3 Å². The van der Waals surface area contributed by atoms with Crippen molar-refractivity contribution in [3.8, 4) is 5.75 Å². The van der Waals surface area contributed by atoms with E-state index in [1.165, 1.54) is 30.3 Å². The number of hydrogen-bond acceptors (Lipinski definition) is 4. The molecule has 1 rings (SSSR count). The summed E-state index contributed by atoms with van der Waals surface area (Å²) in [4.78, 5) is 11.2. The minimum atomic E-state index is -2.26. The van der Waals surface area contributed by atoms with Crippen LogP contribution in [-0.2, 0) is 15.9 Å². The first-order valence-electron chi connectivity index (χ1n) is 4.17. The van der Waals surface area contributed by atoms with Crippen LogP contribution in [0.15, 0.2) is 41.3 Å². The molecule has 1 aromatic carbocycles. The second kappa shape index (κ2) is 5.43. The van der Waals surface area contributed by atoms with Gasteiger partial charge in [0, 0.05) is 11.0 Å². The minimum absolute atomic E-state index is 0.154. The van der Waals surface area contributed by atoms with Crippen LogP contribution in [0.1, 0.15) is 6.92 Å². The van der Waals surface area contributed by atoms with Gasteiger partial charge >= 0.3 is 5.97 Å². The molecule has 5 heteroatoms. The molecule has 15 heavy (non-hydrogen) atoms. The van der Waals surface area contributed by atoms with Crippen LogP contribution in [-0.4, -0.2) is 14.7 Å². The molecular formula is C10H9O4S-. The number of carbonyl (C=O) groups is 1. The first kappa shape index (κ1) is 11.6. The molecule has 0 aliphatic heterocycles. The van der Waals surface area contributed by atoms with E-state index in [0.717, 1.165) is 0 Å². The fourth-order valence-corrected chi connectivity index (χ4v) is 1.26. The lowest BCUT2D eigenvalue weighted by Gasteiger charge is -2.05. The van der Waals surface area contributed by atoms with Gasteiger partial charge < -0.3 is 9.29 Å². The molecule has 0 saturated carbocycles. The highest BCUT2D eigenvalue weighted by molar-refractivity contribution is 7.79. The summed E-state index contributed by atoms with van der Waals surface area (Å²) in [6.45, 7) is 1.70. The van der Waals surface area contributed by atoms with Gasteiger partial charge in [-0.1, -0.05) is 6.08 Å². The Morgan fingerprint density at radius 1 is 1.40 bits per heavy atom. The molecule has 0 N–H and O–H groups in total. The Balaban J connectivity index is 2.72. The van der Waals surface area contributed by atoms with Crippen molar-refractivity contribution in [1.82, 2.24) is 0 Å². The average molecular weight is 225 g/mol. The third-order valence-corrected chi connectivity index (χ3v) is 2.19. The maximum atomic E-state index is 11.0. The van der Waals surface area contributed by atoms with Gasteiger partial charge in [-0.15, -0.1) is 0 Å². The predicted octanol–water partition coefficient (Wildman–Crippen LogP) is 1.41. The molecule has 0 saturated heterocycles. The van der Waals surface area contributed by atoms with Crippen LogP contribution in [0.5, 0.6) is 5.75 Å². The van der Waals surface area contributed by atoms with Crippen LogP contribution >= 0.6 is 0 Å². The molecule has 0 radical (unpaired) electrons. The van der Waals surface area contributed by atoms with Gasteiger partial charge in [-0.25, -0.2) is 4.79 Å². The van der Waals surface area contributed by atoms with Gasteiger partial charge in [0.15, 0.2) is 0 Å². The zero-order valence-corrected chi connectivity index (χ0v) is 8.82. The lowest BCUT2D eigenvalue weighted by atomic mass is 10.3. The second-order valence-electron chi connectivity index (χ2n) is 2.63. The number of hydrogen-bond donors (Lipinski definition) is 0. The number of carbonyl (C=O) groups excluding carboxylic acids is 1. The van der Waals surface area contributed by atoms with Crippen molar-refractivity contribution in [1.29, 1.82) is 0 Å². The van der Waals surface area contributed by atoms with Gasteiger partial charge in [-0.2, -0.15) is 0 Å². The van der Waals surface area contributed by atoms with E-state index in [0.29, 0.717) is 5.75 Å². The SMILES string of the molecule is CC=CC(=O)Oc1ccc(S(=O)[O-])cc1. The number of rotatable bonds is 3. The fraction of sp³-hybridized carbons (Fsp3) is 0.100. The van der Waals surface area contributed by atoms with Crippen LogP contribution in [0.2, 0.25) is 0 Å². The molecular weight excluding hydrogens is 216 g/mol. The molecule has 1 aromatic rings. The lowest BCUT2D eigenvalue weighted by Crippen LogP contribution is -2.03. The minimum Gasteiger partial charge on any atom is -0.768 e. The Kier molecular flexibility index (Phi) is 4.20. The van der Waals surface area contributed by atoms with E-state index in [1.54, 1.807) is 13.0 Å². The highest BCUT2D eigenvalue weighted by Crippen LogP contribution is 2.14. The van der Waals surface area contributed by atoms with Gasteiger partial charge in [0.05, 0.1) is 0 Å². The highest BCUT2D eigenvalue weighted by Gasteiger charge is 1.99. The van der Waals surface area contributed by atoms with Gasteiger partial charge in [0.2, 0.25) is 0 Å². The summed E-state index contributed by atoms with van der Waals surface area (Å²) in [7, 11) is 0. The van der Waals surface area contributed by atoms with Gasteiger partial charge in [-0.3, -0.25) is 4.21 Å². The molecule has 0 fully saturated rings. The van der Waals surface area contributed by atoms with Gasteiger partial charge in [-0.05, 0) is 42.3 Å². The maximum Gasteiger partial charge on any atom is 0.335 e. The largest absolute Gasteiger partial charge is 0.768 e. The Morgan fingerprint density at radius 3 is 2.47 bits per heavy atom. The predicted molar refractivity (Wildman–Crippen MR) is 54.1 cm³/mol. The highest BCUT2D eigenvalue weighted by atomic mass is 32.2. The van der Waals surface area contributed by atoms with E-state index in [9.17, 15) is 13.6 Å². The van der Waals surface area contributed by atoms with Crippen molar-refractivity contribution in [2.75, 3.05) is 0 Å². The maximum absolute atomic E-state index is 11.0. The summed E-state index contributed by atoms with van der Waals surface area (Å²) in [5, 5.41) is 0. The van der Waals surface area contributed by atoms with E-state index >= 15 is 0 Å². The number of allylic oxidation sites excluding steroid dienone is 1. The van der Waals surface area contributed by atoms with E-state index in [2.05, 4.69) is 0 Å². The number of ether oxygens (including phenoxy) is 1. The number of esters is 1. The topological polar surface area (TPSA) is 66.4 Å². The molecule has 0 aromatic heterocycles. The van der Waals surface area contributed by atoms with E-state index < -0.39 is 17.0 Å². The summed E-state index contributed by atoms with van der Waals surface area (Å²) in [6.07, 6.45) is 2.84. The van der Waals surface area contributed by atoms with E-state index in [4.69, 9.17) is 4.74 Å². The molecule has 1 unspecified atom stereocenters. The monoisotopic (exact) mass is 225 g/mol. The zero-order chi connectivity index (χ0) is 11.3. The number of benzene rings is 1. The zero-order valence-electron chi connectivity index (χ0n) is 8.01. The Morgan fingerprint density at radius 2 is 2.00 bits per heavy atom. The van der Waals surface area contributed by atoms with Crippen molar-refractivity contribution in [2.24, 2.45) is 0 Å². The fourth-order valence-electron chi connectivity index (χ4n) is 0.905. The van der Waals surface area contributed by atoms with Crippen molar-refractivity contribution in [3.05, 3.63) is 36.4 Å². The third-order valence-electron chi connectivity index (χ3n) is 1.54. The smallest absolute Gasteiger partial charge is 0.335 e. The van der Waals surface area contributed by atoms with Crippen molar-refractivity contribution in [2.45, 2.75) is 11.8 Å². The summed E-state index contributed by atoms with van der Waals surface area (Å²) in [5.41, 5.74) is 0. The molecule has 0 spiro atoms. The van der Waals surface area contributed by atoms with Gasteiger partial charge in [0.25, 0.3) is 0 Å². The van der Waals surface area contributed by atoms with E-state index in [1.807, 2.05) is 0 Å². The average Bonchev–Trinajstić information content (AvgIpc) is 2.18. The second-order valence-corrected chi connectivity index (χ2v) is 3.57. The summed E-state index contributed by atoms with van der Waals surface area (Å²) in [5.74, 6) is -0.180. The Hall–Kier alpha value is -1.46. The standard InChI is InChI=1S/C10H10O4S/c1-2-3-10(11)14-8-4-6-9(7-5-8)15(12)13/h2-7H,1H3,(H,12,13)/p-1. The lowest BCUT2D eigenvalue weighted by molar-refractivity contribution is -0.129. The van der Waals surface area contributed by atoms with Crippen LogP contribution in [0, 0.1) is 0 Å². The van der Waals surface area contributed by atoms with Crippen LogP contribution < -0.4 is 4.74 Å². The first-order chi connectivity index (χ1) is 7.13. The van der Waals surface area contributed by atoms with Gasteiger partial charge in [0.1, 0.15) is 5.75 Å². The van der Waals surface area contributed by atoms with Crippen LogP contribution in [0.3, 0.4) is 0 Å². The van der Waals surface area contributed by atoms with Crippen molar-refractivity contribution >= 4 is 17.0 Å². The molecule has 0 bridgehead atoms. The normalized spacial score (nSPS) is 12.7. The summed E-state index contributed by atoms with van der Waals surface area (Å²) in [6, 6.07) is 5.57. The molecule has 0 aliphatic carbocycles. The summed E-state index contributed by atoms with van der Waals surface area (Å²) >= 11 is -2.26. The van der Waals surface area contributed by atoms with E-state index in [-0.39, 0.29) is 4.90 Å². The molecule has 4 nitrogen and oxygen atoms in total. The molecule has 0 aliphatic rings. The molecule has 1 atom stereocenters.